The van der Waals surface area contributed by atoms with Gasteiger partial charge in [-0.25, -0.2) is 0 Å². The Morgan fingerprint density at radius 1 is 1.36 bits per heavy atom. The van der Waals surface area contributed by atoms with Gasteiger partial charge in [0.25, 0.3) is 0 Å². The van der Waals surface area contributed by atoms with Crippen molar-refractivity contribution >= 4 is 5.91 Å². The van der Waals surface area contributed by atoms with E-state index in [1.807, 2.05) is 25.1 Å². The Bertz CT molecular complexity index is 842. The lowest BCUT2D eigenvalue weighted by molar-refractivity contribution is -0.123. The monoisotopic (exact) mass is 338 g/mol. The van der Waals surface area contributed by atoms with Gasteiger partial charge in [-0.1, -0.05) is 18.2 Å². The molecule has 2 heterocycles. The summed E-state index contributed by atoms with van der Waals surface area (Å²) in [7, 11) is 0. The van der Waals surface area contributed by atoms with Crippen molar-refractivity contribution in [2.24, 2.45) is 5.92 Å². The van der Waals surface area contributed by atoms with Gasteiger partial charge < -0.3 is 14.6 Å². The second-order valence-electron chi connectivity index (χ2n) is 7.49. The maximum Gasteiger partial charge on any atom is 0.224 e. The Labute approximate surface area is 146 Å². The topological polar surface area (TPSA) is 69.0 Å². The zero-order valence-electron chi connectivity index (χ0n) is 14.4. The van der Waals surface area contributed by atoms with E-state index in [9.17, 15) is 4.79 Å². The quantitative estimate of drug-likeness (QED) is 0.928. The Kier molecular flexibility index (Phi) is 3.17. The zero-order chi connectivity index (χ0) is 17.0. The highest BCUT2D eigenvalue weighted by molar-refractivity contribution is 5.84. The van der Waals surface area contributed by atoms with Crippen LogP contribution in [-0.2, 0) is 16.8 Å². The van der Waals surface area contributed by atoms with Gasteiger partial charge in [-0.2, -0.15) is 0 Å². The summed E-state index contributed by atoms with van der Waals surface area (Å²) in [5.74, 6) is 2.91. The first-order chi connectivity index (χ1) is 12.2. The fourth-order valence-electron chi connectivity index (χ4n) is 4.34. The fraction of sp³-hybridized carbons (Fsp3) is 0.526. The van der Waals surface area contributed by atoms with Gasteiger partial charge in [-0.3, -0.25) is 4.79 Å². The molecular formula is C19H22N4O2. The molecule has 2 atom stereocenters. The molecule has 3 aliphatic rings. The van der Waals surface area contributed by atoms with Gasteiger partial charge in [0.2, 0.25) is 5.91 Å². The number of carbonyl (C=O) groups is 1. The van der Waals surface area contributed by atoms with Crippen LogP contribution in [0.1, 0.15) is 48.9 Å². The first kappa shape index (κ1) is 14.9. The predicted octanol–water partition coefficient (Wildman–Crippen LogP) is 2.28. The van der Waals surface area contributed by atoms with Gasteiger partial charge in [0.05, 0.1) is 13.2 Å². The molecule has 130 valence electrons. The molecule has 0 bridgehead atoms. The van der Waals surface area contributed by atoms with Crippen molar-refractivity contribution in [2.45, 2.75) is 50.6 Å². The summed E-state index contributed by atoms with van der Waals surface area (Å²) in [6, 6.07) is 8.65. The molecule has 1 spiro atoms. The lowest BCUT2D eigenvalue weighted by atomic mass is 9.87. The van der Waals surface area contributed by atoms with E-state index in [2.05, 4.69) is 26.1 Å². The van der Waals surface area contributed by atoms with Crippen molar-refractivity contribution in [3.8, 4) is 5.75 Å². The van der Waals surface area contributed by atoms with Gasteiger partial charge in [-0.15, -0.1) is 10.2 Å². The third-order valence-electron chi connectivity index (χ3n) is 5.89. The molecular weight excluding hydrogens is 316 g/mol. The van der Waals surface area contributed by atoms with E-state index in [-0.39, 0.29) is 17.2 Å². The van der Waals surface area contributed by atoms with Crippen LogP contribution in [0.3, 0.4) is 0 Å². The SMILES string of the molecule is Cc1nnc(CNC(=O)C2CC23CCOc2ccccc23)n1C1CC1. The number of nitrogens with one attached hydrogen (secondary N) is 1. The highest BCUT2D eigenvalue weighted by Crippen LogP contribution is 2.60. The molecule has 5 rings (SSSR count). The average Bonchev–Trinajstić information content (AvgIpc) is 3.54. The third-order valence-corrected chi connectivity index (χ3v) is 5.89. The second-order valence-corrected chi connectivity index (χ2v) is 7.49. The average molecular weight is 338 g/mol. The molecule has 0 saturated heterocycles. The van der Waals surface area contributed by atoms with Gasteiger partial charge in [0, 0.05) is 22.9 Å². The van der Waals surface area contributed by atoms with Crippen molar-refractivity contribution < 1.29 is 9.53 Å². The molecule has 1 aromatic heterocycles. The number of hydrogen-bond donors (Lipinski definition) is 1. The summed E-state index contributed by atoms with van der Waals surface area (Å²) in [6.07, 6.45) is 4.19. The minimum Gasteiger partial charge on any atom is -0.493 e. The van der Waals surface area contributed by atoms with Crippen molar-refractivity contribution in [1.82, 2.24) is 20.1 Å². The number of para-hydroxylation sites is 1. The molecule has 2 fully saturated rings. The number of fused-ring (bicyclic) bond motifs is 2. The largest absolute Gasteiger partial charge is 0.493 e. The van der Waals surface area contributed by atoms with E-state index in [1.165, 1.54) is 18.4 Å². The van der Waals surface area contributed by atoms with E-state index < -0.39 is 0 Å². The minimum absolute atomic E-state index is 0.0288. The number of benzene rings is 1. The molecule has 1 aromatic carbocycles. The van der Waals surface area contributed by atoms with Crippen LogP contribution in [0, 0.1) is 12.8 Å². The molecule has 2 aromatic rings. The molecule has 1 aliphatic heterocycles. The van der Waals surface area contributed by atoms with E-state index in [1.54, 1.807) is 0 Å². The molecule has 1 amide bonds. The van der Waals surface area contributed by atoms with Gasteiger partial charge in [-0.05, 0) is 38.7 Å². The highest BCUT2D eigenvalue weighted by Gasteiger charge is 2.60. The van der Waals surface area contributed by atoms with Crippen LogP contribution in [0.5, 0.6) is 5.75 Å². The lowest BCUT2D eigenvalue weighted by Crippen LogP contribution is -2.31. The lowest BCUT2D eigenvalue weighted by Gasteiger charge is -2.26. The molecule has 0 radical (unpaired) electrons. The van der Waals surface area contributed by atoms with Crippen LogP contribution in [0.15, 0.2) is 24.3 Å². The Morgan fingerprint density at radius 2 is 2.20 bits per heavy atom. The summed E-state index contributed by atoms with van der Waals surface area (Å²) >= 11 is 0. The molecule has 1 N–H and O–H groups in total. The molecule has 2 unspecified atom stereocenters. The minimum atomic E-state index is -0.0288. The van der Waals surface area contributed by atoms with E-state index in [0.29, 0.717) is 19.2 Å². The number of rotatable bonds is 4. The summed E-state index contributed by atoms with van der Waals surface area (Å²) in [6.45, 7) is 3.13. The maximum atomic E-state index is 12.8. The molecule has 25 heavy (non-hydrogen) atoms. The Morgan fingerprint density at radius 3 is 3.04 bits per heavy atom. The number of nitrogens with zero attached hydrogens (tertiary/aromatic N) is 3. The molecule has 2 saturated carbocycles. The summed E-state index contributed by atoms with van der Waals surface area (Å²) in [5.41, 5.74) is 1.16. The number of aryl methyl sites for hydroxylation is 1. The normalized spacial score (nSPS) is 26.8. The Hall–Kier alpha value is -2.37. The maximum absolute atomic E-state index is 12.8. The molecule has 2 aliphatic carbocycles. The summed E-state index contributed by atoms with van der Waals surface area (Å²) in [4.78, 5) is 12.8. The van der Waals surface area contributed by atoms with Crippen LogP contribution < -0.4 is 10.1 Å². The summed E-state index contributed by atoms with van der Waals surface area (Å²) in [5, 5.41) is 11.5. The number of aromatic nitrogens is 3. The van der Waals surface area contributed by atoms with E-state index >= 15 is 0 Å². The first-order valence-electron chi connectivity index (χ1n) is 9.09. The van der Waals surface area contributed by atoms with Gasteiger partial charge >= 0.3 is 0 Å². The van der Waals surface area contributed by atoms with Crippen molar-refractivity contribution in [1.29, 1.82) is 0 Å². The molecule has 6 nitrogen and oxygen atoms in total. The smallest absolute Gasteiger partial charge is 0.224 e. The van der Waals surface area contributed by atoms with Crippen LogP contribution in [0.4, 0.5) is 0 Å². The van der Waals surface area contributed by atoms with Crippen molar-refractivity contribution in [3.63, 3.8) is 0 Å². The van der Waals surface area contributed by atoms with Crippen molar-refractivity contribution in [3.05, 3.63) is 41.5 Å². The van der Waals surface area contributed by atoms with Crippen LogP contribution in [0.25, 0.3) is 0 Å². The van der Waals surface area contributed by atoms with E-state index in [0.717, 1.165) is 30.2 Å². The number of hydrogen-bond acceptors (Lipinski definition) is 4. The fourth-order valence-corrected chi connectivity index (χ4v) is 4.34. The van der Waals surface area contributed by atoms with E-state index in [4.69, 9.17) is 4.74 Å². The first-order valence-corrected chi connectivity index (χ1v) is 9.09. The summed E-state index contributed by atoms with van der Waals surface area (Å²) < 4.78 is 7.93. The van der Waals surface area contributed by atoms with Crippen molar-refractivity contribution in [2.75, 3.05) is 6.61 Å². The molecule has 6 heteroatoms. The van der Waals surface area contributed by atoms with Gasteiger partial charge in [0.15, 0.2) is 5.82 Å². The van der Waals surface area contributed by atoms with Gasteiger partial charge in [0.1, 0.15) is 11.6 Å². The second kappa shape index (κ2) is 5.31. The number of ether oxygens (including phenoxy) is 1. The highest BCUT2D eigenvalue weighted by atomic mass is 16.5. The van der Waals surface area contributed by atoms with Crippen LogP contribution in [-0.4, -0.2) is 27.3 Å². The Balaban J connectivity index is 1.30. The standard InChI is InChI=1S/C19H22N4O2/c1-12-21-22-17(23(12)13-6-7-13)11-20-18(24)15-10-19(15)8-9-25-16-5-3-2-4-14(16)19/h2-5,13,15H,6-11H2,1H3,(H,20,24). The number of carbonyl (C=O) groups excluding carboxylic acids is 1. The van der Waals surface area contributed by atoms with Crippen LogP contribution >= 0.6 is 0 Å². The van der Waals surface area contributed by atoms with Crippen LogP contribution in [0.2, 0.25) is 0 Å². The third kappa shape index (κ3) is 2.34. The number of amides is 1. The zero-order valence-corrected chi connectivity index (χ0v) is 14.4. The predicted molar refractivity (Wildman–Crippen MR) is 91.2 cm³/mol.